The highest BCUT2D eigenvalue weighted by atomic mass is 19.1. The molecule has 1 atom stereocenters. The minimum atomic E-state index is -0.840. The highest BCUT2D eigenvalue weighted by molar-refractivity contribution is 5.94. The van der Waals surface area contributed by atoms with Gasteiger partial charge >= 0.3 is 0 Å². The van der Waals surface area contributed by atoms with Crippen molar-refractivity contribution in [2.24, 2.45) is 0 Å². The average Bonchev–Trinajstić information content (AvgIpc) is 3.31. The lowest BCUT2D eigenvalue weighted by Crippen LogP contribution is -2.30. The highest BCUT2D eigenvalue weighted by Gasteiger charge is 2.30. The lowest BCUT2D eigenvalue weighted by Gasteiger charge is -2.18. The van der Waals surface area contributed by atoms with Gasteiger partial charge in [0, 0.05) is 24.7 Å². The second kappa shape index (κ2) is 6.67. The van der Waals surface area contributed by atoms with E-state index in [-0.39, 0.29) is 11.6 Å². The summed E-state index contributed by atoms with van der Waals surface area (Å²) in [4.78, 5) is 14.2. The lowest BCUT2D eigenvalue weighted by molar-refractivity contribution is 0.0783. The molecule has 0 spiro atoms. The van der Waals surface area contributed by atoms with Gasteiger partial charge in [-0.05, 0) is 18.6 Å². The van der Waals surface area contributed by atoms with Crippen LogP contribution in [0, 0.1) is 11.6 Å². The molecular formula is C19H16F2N4O. The molecule has 0 saturated carbocycles. The van der Waals surface area contributed by atoms with Crippen molar-refractivity contribution in [1.29, 1.82) is 0 Å². The van der Waals surface area contributed by atoms with Crippen LogP contribution in [-0.4, -0.2) is 38.7 Å². The van der Waals surface area contributed by atoms with Crippen LogP contribution in [0.4, 0.5) is 8.78 Å². The Morgan fingerprint density at radius 2 is 1.92 bits per heavy atom. The van der Waals surface area contributed by atoms with Crippen molar-refractivity contribution in [3.8, 4) is 11.4 Å². The van der Waals surface area contributed by atoms with Crippen LogP contribution < -0.4 is 0 Å². The van der Waals surface area contributed by atoms with E-state index in [0.29, 0.717) is 19.5 Å². The second-order valence-electron chi connectivity index (χ2n) is 6.25. The van der Waals surface area contributed by atoms with Gasteiger partial charge in [0.2, 0.25) is 0 Å². The Labute approximate surface area is 148 Å². The molecule has 132 valence electrons. The molecule has 26 heavy (non-hydrogen) atoms. The maximum absolute atomic E-state index is 13.9. The Morgan fingerprint density at radius 1 is 1.12 bits per heavy atom. The number of carbonyl (C=O) groups is 1. The molecule has 1 saturated heterocycles. The number of likely N-dealkylation sites (tertiary alicyclic amines) is 1. The first-order valence-electron chi connectivity index (χ1n) is 8.33. The normalized spacial score (nSPS) is 16.8. The minimum Gasteiger partial charge on any atom is -0.336 e. The molecule has 2 heterocycles. The molecule has 0 N–H and O–H groups in total. The molecule has 4 rings (SSSR count). The Bertz CT molecular complexity index is 942. The number of halogens is 2. The molecule has 5 nitrogen and oxygen atoms in total. The van der Waals surface area contributed by atoms with Gasteiger partial charge in [-0.3, -0.25) is 4.79 Å². The van der Waals surface area contributed by atoms with Gasteiger partial charge in [-0.15, -0.1) is 10.2 Å². The number of rotatable bonds is 3. The molecule has 0 radical (unpaired) electrons. The van der Waals surface area contributed by atoms with Crippen LogP contribution in [0.15, 0.2) is 54.9 Å². The third-order valence-corrected chi connectivity index (χ3v) is 4.61. The molecule has 3 aromatic rings. The molecular weight excluding hydrogens is 338 g/mol. The van der Waals surface area contributed by atoms with Crippen molar-refractivity contribution < 1.29 is 13.6 Å². The maximum atomic E-state index is 13.9. The Hall–Kier alpha value is -3.09. The van der Waals surface area contributed by atoms with Crippen LogP contribution in [0.1, 0.15) is 22.8 Å². The monoisotopic (exact) mass is 354 g/mol. The SMILES string of the molecule is O=C(c1ccc(F)cc1F)N1CCC(n2cnnc2-c2ccccc2)C1. The summed E-state index contributed by atoms with van der Waals surface area (Å²) in [6.45, 7) is 0.917. The van der Waals surface area contributed by atoms with Crippen molar-refractivity contribution in [1.82, 2.24) is 19.7 Å². The van der Waals surface area contributed by atoms with Gasteiger partial charge in [-0.25, -0.2) is 8.78 Å². The Morgan fingerprint density at radius 3 is 2.69 bits per heavy atom. The topological polar surface area (TPSA) is 51.0 Å². The largest absolute Gasteiger partial charge is 0.336 e. The molecule has 1 fully saturated rings. The predicted octanol–water partition coefficient (Wildman–Crippen LogP) is 3.31. The Balaban J connectivity index is 1.55. The Kier molecular flexibility index (Phi) is 4.20. The number of benzene rings is 2. The van der Waals surface area contributed by atoms with E-state index in [1.165, 1.54) is 6.07 Å². The van der Waals surface area contributed by atoms with E-state index in [1.807, 2.05) is 34.9 Å². The maximum Gasteiger partial charge on any atom is 0.256 e. The van der Waals surface area contributed by atoms with Crippen molar-refractivity contribution in [3.63, 3.8) is 0 Å². The number of aromatic nitrogens is 3. The lowest BCUT2D eigenvalue weighted by atomic mass is 10.2. The molecule has 1 aromatic heterocycles. The van der Waals surface area contributed by atoms with Gasteiger partial charge < -0.3 is 9.47 Å². The summed E-state index contributed by atoms with van der Waals surface area (Å²) in [6, 6.07) is 12.7. The molecule has 7 heteroatoms. The van der Waals surface area contributed by atoms with E-state index in [2.05, 4.69) is 10.2 Å². The van der Waals surface area contributed by atoms with Crippen LogP contribution in [0.3, 0.4) is 0 Å². The summed E-state index contributed by atoms with van der Waals surface area (Å²) >= 11 is 0. The van der Waals surface area contributed by atoms with Crippen molar-refractivity contribution in [2.45, 2.75) is 12.5 Å². The number of nitrogens with zero attached hydrogens (tertiary/aromatic N) is 4. The molecule has 1 unspecified atom stereocenters. The van der Waals surface area contributed by atoms with E-state index < -0.39 is 17.5 Å². The summed E-state index contributed by atoms with van der Waals surface area (Å²) in [5.74, 6) is -1.24. The van der Waals surface area contributed by atoms with Crippen molar-refractivity contribution in [3.05, 3.63) is 72.1 Å². The first kappa shape index (κ1) is 16.4. The summed E-state index contributed by atoms with van der Waals surface area (Å²) in [5, 5.41) is 8.19. The zero-order chi connectivity index (χ0) is 18.1. The summed E-state index contributed by atoms with van der Waals surface area (Å²) < 4.78 is 28.9. The summed E-state index contributed by atoms with van der Waals surface area (Å²) in [7, 11) is 0. The third kappa shape index (κ3) is 2.96. The number of hydrogen-bond acceptors (Lipinski definition) is 3. The quantitative estimate of drug-likeness (QED) is 0.725. The molecule has 1 aliphatic rings. The molecule has 1 aliphatic heterocycles. The fraction of sp³-hybridized carbons (Fsp3) is 0.211. The van der Waals surface area contributed by atoms with Gasteiger partial charge in [0.25, 0.3) is 5.91 Å². The molecule has 2 aromatic carbocycles. The fourth-order valence-electron chi connectivity index (χ4n) is 3.29. The van der Waals surface area contributed by atoms with Crippen LogP contribution in [0.5, 0.6) is 0 Å². The van der Waals surface area contributed by atoms with Gasteiger partial charge in [0.1, 0.15) is 18.0 Å². The van der Waals surface area contributed by atoms with Crippen molar-refractivity contribution >= 4 is 5.91 Å². The average molecular weight is 354 g/mol. The van der Waals surface area contributed by atoms with Crippen LogP contribution in [-0.2, 0) is 0 Å². The summed E-state index contributed by atoms with van der Waals surface area (Å²) in [6.07, 6.45) is 2.37. The first-order valence-corrected chi connectivity index (χ1v) is 8.33. The van der Waals surface area contributed by atoms with Gasteiger partial charge in [-0.2, -0.15) is 0 Å². The smallest absolute Gasteiger partial charge is 0.256 e. The highest BCUT2D eigenvalue weighted by Crippen LogP contribution is 2.28. The fourth-order valence-corrected chi connectivity index (χ4v) is 3.29. The van der Waals surface area contributed by atoms with Crippen LogP contribution in [0.25, 0.3) is 11.4 Å². The van der Waals surface area contributed by atoms with E-state index >= 15 is 0 Å². The van der Waals surface area contributed by atoms with E-state index in [9.17, 15) is 13.6 Å². The van der Waals surface area contributed by atoms with Gasteiger partial charge in [0.15, 0.2) is 5.82 Å². The molecule has 0 aliphatic carbocycles. The van der Waals surface area contributed by atoms with Crippen LogP contribution >= 0.6 is 0 Å². The number of hydrogen-bond donors (Lipinski definition) is 0. The molecule has 0 bridgehead atoms. The van der Waals surface area contributed by atoms with Crippen LogP contribution in [0.2, 0.25) is 0 Å². The number of carbonyl (C=O) groups excluding carboxylic acids is 1. The zero-order valence-electron chi connectivity index (χ0n) is 13.8. The first-order chi connectivity index (χ1) is 12.6. The standard InChI is InChI=1S/C19H16F2N4O/c20-14-6-7-16(17(21)10-14)19(26)24-9-8-15(11-24)25-12-22-23-18(25)13-4-2-1-3-5-13/h1-7,10,12,15H,8-9,11H2. The third-order valence-electron chi connectivity index (χ3n) is 4.61. The van der Waals surface area contributed by atoms with E-state index in [1.54, 1.807) is 11.2 Å². The van der Waals surface area contributed by atoms with E-state index in [4.69, 9.17) is 0 Å². The number of amides is 1. The summed E-state index contributed by atoms with van der Waals surface area (Å²) in [5.41, 5.74) is 0.832. The predicted molar refractivity (Wildman–Crippen MR) is 91.4 cm³/mol. The van der Waals surface area contributed by atoms with Gasteiger partial charge in [0.05, 0.1) is 11.6 Å². The minimum absolute atomic E-state index is 0.00710. The zero-order valence-corrected chi connectivity index (χ0v) is 13.8. The second-order valence-corrected chi connectivity index (χ2v) is 6.25. The van der Waals surface area contributed by atoms with Crippen molar-refractivity contribution in [2.75, 3.05) is 13.1 Å². The van der Waals surface area contributed by atoms with E-state index in [0.717, 1.165) is 23.5 Å². The van der Waals surface area contributed by atoms with Gasteiger partial charge in [-0.1, -0.05) is 30.3 Å². The molecule has 1 amide bonds.